The van der Waals surface area contributed by atoms with Gasteiger partial charge in [0.1, 0.15) is 5.78 Å². The normalized spacial score (nSPS) is 13.2. The molecule has 0 aliphatic heterocycles. The van der Waals surface area contributed by atoms with Crippen LogP contribution in [0.4, 0.5) is 0 Å². The van der Waals surface area contributed by atoms with Gasteiger partial charge < -0.3 is 0 Å². The fraction of sp³-hybridized carbons (Fsp3) is 0.875. The van der Waals surface area contributed by atoms with Crippen molar-refractivity contribution in [2.75, 3.05) is 0 Å². The van der Waals surface area contributed by atoms with Gasteiger partial charge in [-0.05, 0) is 13.3 Å². The van der Waals surface area contributed by atoms with Crippen molar-refractivity contribution in [2.45, 2.75) is 40.0 Å². The van der Waals surface area contributed by atoms with E-state index in [1.165, 1.54) is 12.8 Å². The Bertz CT molecular complexity index is 86.6. The third-order valence-corrected chi connectivity index (χ3v) is 1.68. The molecule has 0 spiro atoms. The van der Waals surface area contributed by atoms with Crippen molar-refractivity contribution < 1.29 is 4.79 Å². The summed E-state index contributed by atoms with van der Waals surface area (Å²) >= 11 is 0. The maximum Gasteiger partial charge on any atom is 0.132 e. The lowest BCUT2D eigenvalue weighted by atomic mass is 10.0. The molecule has 0 radical (unpaired) electrons. The minimum Gasteiger partial charge on any atom is -0.300 e. The molecule has 54 valence electrons. The van der Waals surface area contributed by atoms with Crippen molar-refractivity contribution in [3.05, 3.63) is 0 Å². The van der Waals surface area contributed by atoms with Crippen LogP contribution in [0.15, 0.2) is 0 Å². The number of unbranched alkanes of at least 4 members (excludes halogenated alkanes) is 1. The van der Waals surface area contributed by atoms with Crippen LogP contribution in [0.25, 0.3) is 0 Å². The van der Waals surface area contributed by atoms with Gasteiger partial charge in [-0.15, -0.1) is 0 Å². The highest BCUT2D eigenvalue weighted by Gasteiger charge is 2.04. The van der Waals surface area contributed by atoms with E-state index in [9.17, 15) is 4.79 Å². The van der Waals surface area contributed by atoms with Gasteiger partial charge in [-0.25, -0.2) is 0 Å². The molecule has 0 aromatic carbocycles. The highest BCUT2D eigenvalue weighted by Crippen LogP contribution is 2.07. The van der Waals surface area contributed by atoms with E-state index in [0.717, 1.165) is 6.42 Å². The van der Waals surface area contributed by atoms with Crippen molar-refractivity contribution in [3.8, 4) is 0 Å². The molecule has 0 saturated heterocycles. The molecular weight excluding hydrogens is 112 g/mol. The Labute approximate surface area is 57.5 Å². The third-order valence-electron chi connectivity index (χ3n) is 1.68. The summed E-state index contributed by atoms with van der Waals surface area (Å²) in [7, 11) is 0. The van der Waals surface area contributed by atoms with Crippen molar-refractivity contribution in [3.63, 3.8) is 0 Å². The van der Waals surface area contributed by atoms with Gasteiger partial charge in [0, 0.05) is 5.92 Å². The summed E-state index contributed by atoms with van der Waals surface area (Å²) in [5.74, 6) is 0.605. The van der Waals surface area contributed by atoms with Crippen LogP contribution in [0.2, 0.25) is 0 Å². The molecule has 0 bridgehead atoms. The zero-order valence-corrected chi connectivity index (χ0v) is 6.61. The van der Waals surface area contributed by atoms with Gasteiger partial charge in [0.25, 0.3) is 0 Å². The van der Waals surface area contributed by atoms with Crippen molar-refractivity contribution >= 4 is 5.78 Å². The molecule has 0 heterocycles. The van der Waals surface area contributed by atoms with Gasteiger partial charge in [0.2, 0.25) is 0 Å². The number of carbonyl (C=O) groups is 1. The van der Waals surface area contributed by atoms with E-state index >= 15 is 0 Å². The summed E-state index contributed by atoms with van der Waals surface area (Å²) in [4.78, 5) is 10.6. The molecule has 0 aliphatic rings. The van der Waals surface area contributed by atoms with Crippen LogP contribution >= 0.6 is 0 Å². The minimum atomic E-state index is 0.282. The zero-order valence-electron chi connectivity index (χ0n) is 6.61. The third kappa shape index (κ3) is 4.19. The van der Waals surface area contributed by atoms with E-state index in [2.05, 4.69) is 6.92 Å². The molecule has 0 fully saturated rings. The number of Topliss-reactive ketones (excluding diaryl/α,β-unsaturated/α-hetero) is 1. The van der Waals surface area contributed by atoms with Crippen LogP contribution in [-0.4, -0.2) is 5.78 Å². The summed E-state index contributed by atoms with van der Waals surface area (Å²) < 4.78 is 0. The first-order chi connectivity index (χ1) is 4.18. The first-order valence-corrected chi connectivity index (χ1v) is 3.69. The Morgan fingerprint density at radius 3 is 2.44 bits per heavy atom. The fourth-order valence-electron chi connectivity index (χ4n) is 0.714. The largest absolute Gasteiger partial charge is 0.300 e. The Morgan fingerprint density at radius 1 is 1.56 bits per heavy atom. The van der Waals surface area contributed by atoms with E-state index in [-0.39, 0.29) is 5.92 Å². The van der Waals surface area contributed by atoms with Crippen molar-refractivity contribution in [1.82, 2.24) is 0 Å². The van der Waals surface area contributed by atoms with E-state index in [0.29, 0.717) is 5.78 Å². The van der Waals surface area contributed by atoms with E-state index in [4.69, 9.17) is 0 Å². The first-order valence-electron chi connectivity index (χ1n) is 3.69. The second kappa shape index (κ2) is 4.54. The second-order valence-electron chi connectivity index (χ2n) is 2.65. The topological polar surface area (TPSA) is 17.1 Å². The summed E-state index contributed by atoms with van der Waals surface area (Å²) in [5.41, 5.74) is 0. The Balaban J connectivity index is 3.27. The molecular formula is C8H16O. The zero-order chi connectivity index (χ0) is 7.28. The molecule has 0 N–H and O–H groups in total. The fourth-order valence-corrected chi connectivity index (χ4v) is 0.714. The van der Waals surface area contributed by atoms with Crippen LogP contribution in [0.3, 0.4) is 0 Å². The van der Waals surface area contributed by atoms with Crippen LogP contribution < -0.4 is 0 Å². The minimum absolute atomic E-state index is 0.282. The van der Waals surface area contributed by atoms with E-state index in [1.54, 1.807) is 6.92 Å². The lowest BCUT2D eigenvalue weighted by molar-refractivity contribution is -0.120. The molecule has 0 rings (SSSR count). The molecule has 1 heteroatoms. The maximum atomic E-state index is 10.6. The predicted octanol–water partition coefficient (Wildman–Crippen LogP) is 2.40. The monoisotopic (exact) mass is 128 g/mol. The quantitative estimate of drug-likeness (QED) is 0.568. The van der Waals surface area contributed by atoms with Gasteiger partial charge in [0.05, 0.1) is 0 Å². The molecule has 9 heavy (non-hydrogen) atoms. The average molecular weight is 128 g/mol. The van der Waals surface area contributed by atoms with Crippen LogP contribution in [0.1, 0.15) is 40.0 Å². The lowest BCUT2D eigenvalue weighted by Crippen LogP contribution is -2.05. The average Bonchev–Trinajstić information content (AvgIpc) is 1.82. The second-order valence-corrected chi connectivity index (χ2v) is 2.65. The van der Waals surface area contributed by atoms with E-state index < -0.39 is 0 Å². The van der Waals surface area contributed by atoms with Gasteiger partial charge >= 0.3 is 0 Å². The number of hydrogen-bond acceptors (Lipinski definition) is 1. The Morgan fingerprint density at radius 2 is 2.11 bits per heavy atom. The van der Waals surface area contributed by atoms with Crippen molar-refractivity contribution in [1.29, 1.82) is 0 Å². The summed E-state index contributed by atoms with van der Waals surface area (Å²) in [5, 5.41) is 0. The first kappa shape index (κ1) is 8.67. The molecule has 0 aliphatic carbocycles. The van der Waals surface area contributed by atoms with Crippen LogP contribution in [0.5, 0.6) is 0 Å². The Hall–Kier alpha value is -0.330. The molecule has 0 saturated carbocycles. The number of ketones is 1. The standard InChI is InChI=1S/C8H16O/c1-4-5-6-7(2)8(3)9/h7H,4-6H2,1-3H3/t7-/m1/s1. The molecule has 1 atom stereocenters. The summed E-state index contributed by atoms with van der Waals surface area (Å²) in [6, 6.07) is 0. The van der Waals surface area contributed by atoms with Gasteiger partial charge in [-0.2, -0.15) is 0 Å². The molecule has 0 amide bonds. The van der Waals surface area contributed by atoms with Crippen LogP contribution in [-0.2, 0) is 4.79 Å². The Kier molecular flexibility index (Phi) is 4.37. The highest BCUT2D eigenvalue weighted by molar-refractivity contribution is 5.77. The molecule has 0 unspecified atom stereocenters. The summed E-state index contributed by atoms with van der Waals surface area (Å²) in [6.07, 6.45) is 3.43. The molecule has 1 nitrogen and oxygen atoms in total. The summed E-state index contributed by atoms with van der Waals surface area (Å²) in [6.45, 7) is 5.81. The van der Waals surface area contributed by atoms with Gasteiger partial charge in [-0.1, -0.05) is 26.7 Å². The lowest BCUT2D eigenvalue weighted by Gasteiger charge is -2.03. The van der Waals surface area contributed by atoms with Gasteiger partial charge in [-0.3, -0.25) is 4.79 Å². The van der Waals surface area contributed by atoms with Crippen molar-refractivity contribution in [2.24, 2.45) is 5.92 Å². The van der Waals surface area contributed by atoms with Gasteiger partial charge in [0.15, 0.2) is 0 Å². The van der Waals surface area contributed by atoms with E-state index in [1.807, 2.05) is 6.92 Å². The molecule has 0 aromatic rings. The van der Waals surface area contributed by atoms with Crippen LogP contribution in [0, 0.1) is 5.92 Å². The predicted molar refractivity (Wildman–Crippen MR) is 39.4 cm³/mol. The highest BCUT2D eigenvalue weighted by atomic mass is 16.1. The maximum absolute atomic E-state index is 10.6. The number of rotatable bonds is 4. The number of hydrogen-bond donors (Lipinski definition) is 0. The molecule has 0 aromatic heterocycles. The SMILES string of the molecule is CCCC[C@@H](C)C(C)=O. The smallest absolute Gasteiger partial charge is 0.132 e. The number of carbonyl (C=O) groups excluding carboxylic acids is 1.